The molecule has 0 fully saturated rings. The molecule has 0 radical (unpaired) electrons. The van der Waals surface area contributed by atoms with Crippen LogP contribution >= 0.6 is 11.8 Å². The summed E-state index contributed by atoms with van der Waals surface area (Å²) in [5, 5.41) is 5.32. The molecule has 0 aliphatic heterocycles. The van der Waals surface area contributed by atoms with Gasteiger partial charge in [0, 0.05) is 0 Å². The van der Waals surface area contributed by atoms with Crippen LogP contribution in [0.2, 0.25) is 0 Å². The van der Waals surface area contributed by atoms with E-state index < -0.39 is 30.4 Å². The smallest absolute Gasteiger partial charge is 0.329 e. The zero-order chi connectivity index (χ0) is 23.7. The van der Waals surface area contributed by atoms with Crippen molar-refractivity contribution in [2.75, 3.05) is 31.0 Å². The van der Waals surface area contributed by atoms with Gasteiger partial charge in [-0.15, -0.1) is 0 Å². The van der Waals surface area contributed by atoms with Crippen LogP contribution in [0.3, 0.4) is 0 Å². The second-order valence-electron chi connectivity index (χ2n) is 8.11. The Morgan fingerprint density at radius 3 is 2.53 bits per heavy atom. The van der Waals surface area contributed by atoms with Crippen LogP contribution in [0.5, 0.6) is 5.75 Å². The average molecular weight is 463 g/mol. The van der Waals surface area contributed by atoms with E-state index in [0.717, 1.165) is 5.56 Å². The molecule has 2 rings (SSSR count). The van der Waals surface area contributed by atoms with Gasteiger partial charge in [0.25, 0.3) is 11.8 Å². The van der Waals surface area contributed by atoms with E-state index in [4.69, 9.17) is 13.9 Å². The number of nitrogens with one attached hydrogen (secondary N) is 2. The fourth-order valence-electron chi connectivity index (χ4n) is 2.82. The summed E-state index contributed by atoms with van der Waals surface area (Å²) < 4.78 is 15.6. The number of ether oxygens (including phenoxy) is 2. The number of carbonyl (C=O) groups excluding carboxylic acids is 3. The first-order chi connectivity index (χ1) is 15.2. The van der Waals surface area contributed by atoms with Crippen LogP contribution in [0.15, 0.2) is 41.0 Å². The zero-order valence-electron chi connectivity index (χ0n) is 19.0. The first kappa shape index (κ1) is 25.3. The molecule has 1 atom stereocenters. The van der Waals surface area contributed by atoms with Crippen LogP contribution in [-0.2, 0) is 19.7 Å². The molecule has 32 heavy (non-hydrogen) atoms. The number of esters is 1. The number of furan rings is 1. The molecule has 2 aromatic rings. The van der Waals surface area contributed by atoms with E-state index in [1.807, 2.05) is 18.4 Å². The van der Waals surface area contributed by atoms with Crippen molar-refractivity contribution in [3.63, 3.8) is 0 Å². The Morgan fingerprint density at radius 1 is 1.19 bits per heavy atom. The van der Waals surface area contributed by atoms with E-state index in [9.17, 15) is 14.4 Å². The van der Waals surface area contributed by atoms with Gasteiger partial charge in [-0.1, -0.05) is 26.8 Å². The third-order valence-corrected chi connectivity index (χ3v) is 5.27. The number of rotatable bonds is 10. The topological polar surface area (TPSA) is 107 Å². The van der Waals surface area contributed by atoms with Crippen molar-refractivity contribution in [3.05, 3.63) is 47.9 Å². The molecule has 174 valence electrons. The van der Waals surface area contributed by atoms with Crippen LogP contribution < -0.4 is 15.4 Å². The van der Waals surface area contributed by atoms with Gasteiger partial charge in [0.05, 0.1) is 19.1 Å². The van der Waals surface area contributed by atoms with E-state index in [0.29, 0.717) is 23.6 Å². The fraction of sp³-hybridized carbons (Fsp3) is 0.435. The number of anilines is 1. The third-order valence-electron chi connectivity index (χ3n) is 4.63. The van der Waals surface area contributed by atoms with Crippen molar-refractivity contribution < 1.29 is 28.3 Å². The molecule has 0 bridgehead atoms. The number of benzene rings is 1. The van der Waals surface area contributed by atoms with Crippen molar-refractivity contribution in [2.24, 2.45) is 0 Å². The van der Waals surface area contributed by atoms with Gasteiger partial charge in [0.1, 0.15) is 11.8 Å². The van der Waals surface area contributed by atoms with Crippen molar-refractivity contribution in [2.45, 2.75) is 38.6 Å². The number of carbonyl (C=O) groups is 3. The van der Waals surface area contributed by atoms with E-state index in [1.54, 1.807) is 12.1 Å². The van der Waals surface area contributed by atoms with Crippen LogP contribution in [0, 0.1) is 0 Å². The fourth-order valence-corrected chi connectivity index (χ4v) is 3.29. The molecule has 1 aromatic carbocycles. The van der Waals surface area contributed by atoms with Gasteiger partial charge in [-0.3, -0.25) is 9.59 Å². The maximum atomic E-state index is 12.5. The molecule has 1 aromatic heterocycles. The van der Waals surface area contributed by atoms with Crippen molar-refractivity contribution in [1.82, 2.24) is 5.32 Å². The third kappa shape index (κ3) is 7.33. The largest absolute Gasteiger partial charge is 0.495 e. The molecule has 8 nitrogen and oxygen atoms in total. The average Bonchev–Trinajstić information content (AvgIpc) is 3.29. The Balaban J connectivity index is 2.00. The molecular formula is C23H30N2O6S. The molecule has 0 aliphatic carbocycles. The highest BCUT2D eigenvalue weighted by atomic mass is 32.2. The summed E-state index contributed by atoms with van der Waals surface area (Å²) in [6, 6.07) is 7.74. The van der Waals surface area contributed by atoms with Gasteiger partial charge in [-0.25, -0.2) is 4.79 Å². The lowest BCUT2D eigenvalue weighted by Crippen LogP contribution is -2.43. The molecule has 0 saturated heterocycles. The lowest BCUT2D eigenvalue weighted by atomic mass is 9.87. The van der Waals surface area contributed by atoms with Gasteiger partial charge in [0.2, 0.25) is 0 Å². The van der Waals surface area contributed by atoms with Gasteiger partial charge in [0.15, 0.2) is 12.4 Å². The number of methoxy groups -OCH3 is 1. The minimum atomic E-state index is -0.897. The van der Waals surface area contributed by atoms with Gasteiger partial charge < -0.3 is 24.5 Å². The molecule has 9 heteroatoms. The number of hydrogen-bond donors (Lipinski definition) is 2. The van der Waals surface area contributed by atoms with E-state index in [2.05, 4.69) is 31.4 Å². The van der Waals surface area contributed by atoms with Crippen LogP contribution in [0.25, 0.3) is 0 Å². The summed E-state index contributed by atoms with van der Waals surface area (Å²) >= 11 is 1.53. The van der Waals surface area contributed by atoms with Crippen LogP contribution in [0.4, 0.5) is 5.69 Å². The number of hydrogen-bond acceptors (Lipinski definition) is 7. The predicted octanol–water partition coefficient (Wildman–Crippen LogP) is 3.62. The first-order valence-corrected chi connectivity index (χ1v) is 11.5. The summed E-state index contributed by atoms with van der Waals surface area (Å²) in [6.45, 7) is 5.70. The molecule has 0 saturated carbocycles. The Labute approximate surface area is 192 Å². The minimum Gasteiger partial charge on any atom is -0.495 e. The van der Waals surface area contributed by atoms with Crippen LogP contribution in [-0.4, -0.2) is 49.6 Å². The van der Waals surface area contributed by atoms with E-state index >= 15 is 0 Å². The quantitative estimate of drug-likeness (QED) is 0.519. The van der Waals surface area contributed by atoms with E-state index in [-0.39, 0.29) is 11.2 Å². The summed E-state index contributed by atoms with van der Waals surface area (Å²) in [5.41, 5.74) is 1.39. The van der Waals surface area contributed by atoms with Crippen molar-refractivity contribution in [1.29, 1.82) is 0 Å². The molecular weight excluding hydrogens is 432 g/mol. The van der Waals surface area contributed by atoms with Gasteiger partial charge in [-0.2, -0.15) is 11.8 Å². The lowest BCUT2D eigenvalue weighted by Gasteiger charge is -2.21. The molecule has 2 N–H and O–H groups in total. The number of amides is 2. The molecule has 0 aliphatic rings. The first-order valence-electron chi connectivity index (χ1n) is 10.1. The SMILES string of the molecule is COc1ccc(C(C)(C)C)cc1NC(=O)COC(=O)C(CCSC)NC(=O)c1ccco1. The van der Waals surface area contributed by atoms with Crippen molar-refractivity contribution in [3.8, 4) is 5.75 Å². The van der Waals surface area contributed by atoms with E-state index in [1.165, 1.54) is 31.2 Å². The predicted molar refractivity (Wildman–Crippen MR) is 124 cm³/mol. The summed E-state index contributed by atoms with van der Waals surface area (Å²) in [7, 11) is 1.51. The van der Waals surface area contributed by atoms with Gasteiger partial charge >= 0.3 is 5.97 Å². The van der Waals surface area contributed by atoms with Crippen molar-refractivity contribution >= 4 is 35.2 Å². The molecule has 2 amide bonds. The molecule has 1 unspecified atom stereocenters. The lowest BCUT2D eigenvalue weighted by molar-refractivity contribution is -0.149. The summed E-state index contributed by atoms with van der Waals surface area (Å²) in [4.78, 5) is 37.2. The Bertz CT molecular complexity index is 921. The Kier molecular flexibility index (Phi) is 9.19. The second-order valence-corrected chi connectivity index (χ2v) is 9.09. The monoisotopic (exact) mass is 462 g/mol. The zero-order valence-corrected chi connectivity index (χ0v) is 19.8. The highest BCUT2D eigenvalue weighted by Crippen LogP contribution is 2.31. The minimum absolute atomic E-state index is 0.0931. The number of thioether (sulfide) groups is 1. The normalized spacial score (nSPS) is 12.0. The van der Waals surface area contributed by atoms with Gasteiger partial charge in [-0.05, 0) is 53.7 Å². The Morgan fingerprint density at radius 2 is 1.94 bits per heavy atom. The standard InChI is InChI=1S/C23H30N2O6S/c1-23(2,3)15-8-9-18(29-4)17(13-15)24-20(26)14-31-22(28)16(10-12-32-5)25-21(27)19-7-6-11-30-19/h6-9,11,13,16H,10,12,14H2,1-5H3,(H,24,26)(H,25,27). The summed E-state index contributed by atoms with van der Waals surface area (Å²) in [5.74, 6) is -0.502. The highest BCUT2D eigenvalue weighted by molar-refractivity contribution is 7.98. The Hall–Kier alpha value is -2.94. The molecule has 0 spiro atoms. The maximum Gasteiger partial charge on any atom is 0.329 e. The molecule has 1 heterocycles. The maximum absolute atomic E-state index is 12.5. The second kappa shape index (κ2) is 11.6. The highest BCUT2D eigenvalue weighted by Gasteiger charge is 2.25. The van der Waals surface area contributed by atoms with Crippen LogP contribution in [0.1, 0.15) is 43.3 Å². The summed E-state index contributed by atoms with van der Waals surface area (Å²) in [6.07, 6.45) is 3.62.